The molecule has 0 bridgehead atoms. The molecule has 1 heterocycles. The Balaban J connectivity index is 1.33. The number of fused-ring (bicyclic) bond motifs is 1. The predicted octanol–water partition coefficient (Wildman–Crippen LogP) is 3.33. The quantitative estimate of drug-likeness (QED) is 0.499. The van der Waals surface area contributed by atoms with Crippen molar-refractivity contribution in [3.63, 3.8) is 0 Å². The van der Waals surface area contributed by atoms with Crippen LogP contribution in [0.15, 0.2) is 83.7 Å². The highest BCUT2D eigenvalue weighted by Gasteiger charge is 2.07. The van der Waals surface area contributed by atoms with Gasteiger partial charge in [0.05, 0.1) is 10.9 Å². The zero-order valence-corrected chi connectivity index (χ0v) is 16.3. The molecule has 4 rings (SSSR count). The first-order valence-electron chi connectivity index (χ1n) is 9.72. The van der Waals surface area contributed by atoms with Crippen molar-refractivity contribution in [1.29, 1.82) is 0 Å². The lowest BCUT2D eigenvalue weighted by Gasteiger charge is -2.08. The summed E-state index contributed by atoms with van der Waals surface area (Å²) in [5.41, 5.74) is 2.40. The Morgan fingerprint density at radius 1 is 0.933 bits per heavy atom. The molecule has 2 N–H and O–H groups in total. The molecule has 6 heteroatoms. The van der Waals surface area contributed by atoms with E-state index in [1.54, 1.807) is 30.3 Å². The molecular weight excluding hydrogens is 378 g/mol. The molecule has 1 aromatic heterocycles. The van der Waals surface area contributed by atoms with E-state index in [9.17, 15) is 9.59 Å². The Morgan fingerprint density at radius 2 is 1.67 bits per heavy atom. The smallest absolute Gasteiger partial charge is 0.259 e. The third kappa shape index (κ3) is 4.72. The van der Waals surface area contributed by atoms with Crippen LogP contribution in [0.25, 0.3) is 22.3 Å². The molecular formula is C24H21N3O3. The number of benzene rings is 3. The van der Waals surface area contributed by atoms with E-state index in [0.717, 1.165) is 12.0 Å². The molecule has 150 valence electrons. The number of nitrogens with one attached hydrogen (secondary N) is 2. The number of nitrogens with zero attached hydrogens (tertiary/aromatic N) is 1. The van der Waals surface area contributed by atoms with Crippen LogP contribution in [0, 0.1) is 0 Å². The van der Waals surface area contributed by atoms with Crippen molar-refractivity contribution in [2.24, 2.45) is 0 Å². The van der Waals surface area contributed by atoms with Gasteiger partial charge in [0.25, 0.3) is 11.5 Å². The maximum Gasteiger partial charge on any atom is 0.259 e. The fourth-order valence-corrected chi connectivity index (χ4v) is 3.12. The molecule has 0 aliphatic heterocycles. The van der Waals surface area contributed by atoms with Gasteiger partial charge in [-0.3, -0.25) is 9.59 Å². The summed E-state index contributed by atoms with van der Waals surface area (Å²) in [6.07, 6.45) is 0.776. The van der Waals surface area contributed by atoms with E-state index in [1.807, 2.05) is 48.5 Å². The highest BCUT2D eigenvalue weighted by atomic mass is 16.5. The number of para-hydroxylation sites is 1. The minimum absolute atomic E-state index is 0.0564. The number of carbonyl (C=O) groups is 1. The standard InChI is InChI=1S/C24H21N3O3/c28-22(25-15-14-17-6-2-1-3-7-17)16-30-19-12-10-18(11-13-19)23-26-21-9-5-4-8-20(21)24(29)27-23/h1-13H,14-16H2,(H,25,28)(H,26,27,29). The lowest BCUT2D eigenvalue weighted by molar-refractivity contribution is -0.123. The minimum atomic E-state index is -0.178. The first-order valence-corrected chi connectivity index (χ1v) is 9.72. The predicted molar refractivity (Wildman–Crippen MR) is 116 cm³/mol. The van der Waals surface area contributed by atoms with Crippen molar-refractivity contribution in [3.8, 4) is 17.1 Å². The van der Waals surface area contributed by atoms with Crippen LogP contribution < -0.4 is 15.6 Å². The van der Waals surface area contributed by atoms with Gasteiger partial charge in [-0.15, -0.1) is 0 Å². The topological polar surface area (TPSA) is 84.1 Å². The number of H-pyrrole nitrogens is 1. The summed E-state index contributed by atoms with van der Waals surface area (Å²) in [7, 11) is 0. The van der Waals surface area contributed by atoms with Crippen LogP contribution in [0.4, 0.5) is 0 Å². The summed E-state index contributed by atoms with van der Waals surface area (Å²) in [5, 5.41) is 3.40. The van der Waals surface area contributed by atoms with Gasteiger partial charge in [0, 0.05) is 12.1 Å². The van der Waals surface area contributed by atoms with Crippen LogP contribution >= 0.6 is 0 Å². The summed E-state index contributed by atoms with van der Waals surface area (Å²) in [6, 6.07) is 24.3. The number of hydrogen-bond donors (Lipinski definition) is 2. The van der Waals surface area contributed by atoms with Gasteiger partial charge in [-0.05, 0) is 48.4 Å². The largest absolute Gasteiger partial charge is 0.484 e. The third-order valence-corrected chi connectivity index (χ3v) is 4.69. The Bertz CT molecular complexity index is 1200. The van der Waals surface area contributed by atoms with Crippen LogP contribution in [0.2, 0.25) is 0 Å². The molecule has 0 atom stereocenters. The SMILES string of the molecule is O=C(COc1ccc(-c2nc3ccccc3c(=O)[nH]2)cc1)NCCc1ccccc1. The summed E-state index contributed by atoms with van der Waals surface area (Å²) in [5.74, 6) is 0.888. The lowest BCUT2D eigenvalue weighted by Crippen LogP contribution is -2.30. The second kappa shape index (κ2) is 9.05. The van der Waals surface area contributed by atoms with Crippen LogP contribution in [0.5, 0.6) is 5.75 Å². The Hall–Kier alpha value is -3.93. The van der Waals surface area contributed by atoms with Gasteiger partial charge in [0.2, 0.25) is 0 Å². The molecule has 0 saturated carbocycles. The van der Waals surface area contributed by atoms with E-state index in [2.05, 4.69) is 15.3 Å². The zero-order chi connectivity index (χ0) is 20.8. The van der Waals surface area contributed by atoms with Gasteiger partial charge in [0.15, 0.2) is 6.61 Å². The number of aromatic nitrogens is 2. The second-order valence-electron chi connectivity index (χ2n) is 6.83. The molecule has 30 heavy (non-hydrogen) atoms. The van der Waals surface area contributed by atoms with E-state index >= 15 is 0 Å². The van der Waals surface area contributed by atoms with Crippen molar-refractivity contribution < 1.29 is 9.53 Å². The third-order valence-electron chi connectivity index (χ3n) is 4.69. The molecule has 6 nitrogen and oxygen atoms in total. The van der Waals surface area contributed by atoms with Crippen LogP contribution in [0.3, 0.4) is 0 Å². The number of rotatable bonds is 7. The highest BCUT2D eigenvalue weighted by Crippen LogP contribution is 2.20. The molecule has 3 aromatic carbocycles. The molecule has 4 aromatic rings. The fourth-order valence-electron chi connectivity index (χ4n) is 3.12. The van der Waals surface area contributed by atoms with Crippen molar-refractivity contribution >= 4 is 16.8 Å². The molecule has 0 spiro atoms. The summed E-state index contributed by atoms with van der Waals surface area (Å²) in [4.78, 5) is 31.5. The molecule has 0 aliphatic rings. The average molecular weight is 399 g/mol. The van der Waals surface area contributed by atoms with E-state index < -0.39 is 0 Å². The van der Waals surface area contributed by atoms with Crippen LogP contribution in [0.1, 0.15) is 5.56 Å². The Kier molecular flexibility index (Phi) is 5.85. The average Bonchev–Trinajstić information content (AvgIpc) is 2.79. The van der Waals surface area contributed by atoms with E-state index in [1.165, 1.54) is 5.56 Å². The van der Waals surface area contributed by atoms with E-state index in [-0.39, 0.29) is 18.1 Å². The Labute approximate surface area is 173 Å². The number of ether oxygens (including phenoxy) is 1. The molecule has 1 amide bonds. The maximum atomic E-state index is 12.2. The first kappa shape index (κ1) is 19.4. The molecule has 0 saturated heterocycles. The lowest BCUT2D eigenvalue weighted by atomic mass is 10.1. The van der Waals surface area contributed by atoms with Crippen LogP contribution in [-0.2, 0) is 11.2 Å². The van der Waals surface area contributed by atoms with Gasteiger partial charge in [-0.25, -0.2) is 4.98 Å². The summed E-state index contributed by atoms with van der Waals surface area (Å²) >= 11 is 0. The van der Waals surface area contributed by atoms with Crippen LogP contribution in [-0.4, -0.2) is 29.0 Å². The van der Waals surface area contributed by atoms with Crippen molar-refractivity contribution in [1.82, 2.24) is 15.3 Å². The second-order valence-corrected chi connectivity index (χ2v) is 6.83. The van der Waals surface area contributed by atoms with Crippen molar-refractivity contribution in [2.45, 2.75) is 6.42 Å². The molecule has 0 unspecified atom stereocenters. The number of carbonyl (C=O) groups excluding carboxylic acids is 1. The molecule has 0 aliphatic carbocycles. The van der Waals surface area contributed by atoms with Gasteiger partial charge in [-0.1, -0.05) is 42.5 Å². The van der Waals surface area contributed by atoms with Gasteiger partial charge >= 0.3 is 0 Å². The van der Waals surface area contributed by atoms with Gasteiger partial charge < -0.3 is 15.0 Å². The van der Waals surface area contributed by atoms with E-state index in [0.29, 0.717) is 29.0 Å². The maximum absolute atomic E-state index is 12.2. The first-order chi connectivity index (χ1) is 14.7. The molecule has 0 radical (unpaired) electrons. The number of aromatic amines is 1. The highest BCUT2D eigenvalue weighted by molar-refractivity contribution is 5.79. The van der Waals surface area contributed by atoms with E-state index in [4.69, 9.17) is 4.74 Å². The summed E-state index contributed by atoms with van der Waals surface area (Å²) in [6.45, 7) is 0.505. The number of amides is 1. The van der Waals surface area contributed by atoms with Crippen molar-refractivity contribution in [3.05, 3.63) is 94.8 Å². The van der Waals surface area contributed by atoms with Gasteiger partial charge in [0.1, 0.15) is 11.6 Å². The monoisotopic (exact) mass is 399 g/mol. The minimum Gasteiger partial charge on any atom is -0.484 e. The molecule has 0 fully saturated rings. The zero-order valence-electron chi connectivity index (χ0n) is 16.3. The summed E-state index contributed by atoms with van der Waals surface area (Å²) < 4.78 is 5.55. The Morgan fingerprint density at radius 3 is 2.47 bits per heavy atom. The number of hydrogen-bond acceptors (Lipinski definition) is 4. The van der Waals surface area contributed by atoms with Crippen molar-refractivity contribution in [2.75, 3.05) is 13.2 Å². The normalized spacial score (nSPS) is 10.7. The fraction of sp³-hybridized carbons (Fsp3) is 0.125. The van der Waals surface area contributed by atoms with Gasteiger partial charge in [-0.2, -0.15) is 0 Å².